The summed E-state index contributed by atoms with van der Waals surface area (Å²) in [5, 5.41) is 5.65. The molecule has 0 spiro atoms. The summed E-state index contributed by atoms with van der Waals surface area (Å²) in [6.45, 7) is 4.14. The van der Waals surface area contributed by atoms with Crippen molar-refractivity contribution in [3.63, 3.8) is 0 Å². The van der Waals surface area contributed by atoms with Gasteiger partial charge in [-0.05, 0) is 47.0 Å². The van der Waals surface area contributed by atoms with Gasteiger partial charge in [-0.25, -0.2) is 4.98 Å². The number of rotatable bonds is 2. The van der Waals surface area contributed by atoms with Gasteiger partial charge in [0.2, 0.25) is 0 Å². The SMILES string of the molecule is Cc1cc(N2CCC(n3cc(Br)cn3)C2)nc2ccccc12. The van der Waals surface area contributed by atoms with E-state index in [1.54, 1.807) is 0 Å². The van der Waals surface area contributed by atoms with E-state index in [9.17, 15) is 0 Å². The highest BCUT2D eigenvalue weighted by atomic mass is 79.9. The van der Waals surface area contributed by atoms with Crippen molar-refractivity contribution in [2.24, 2.45) is 0 Å². The van der Waals surface area contributed by atoms with Gasteiger partial charge in [0.15, 0.2) is 0 Å². The number of aryl methyl sites for hydroxylation is 1. The highest BCUT2D eigenvalue weighted by Crippen LogP contribution is 2.29. The summed E-state index contributed by atoms with van der Waals surface area (Å²) in [7, 11) is 0. The summed E-state index contributed by atoms with van der Waals surface area (Å²) in [6, 6.07) is 11.0. The van der Waals surface area contributed by atoms with Crippen LogP contribution in [0.5, 0.6) is 0 Å². The van der Waals surface area contributed by atoms with E-state index in [1.165, 1.54) is 10.9 Å². The molecule has 22 heavy (non-hydrogen) atoms. The Morgan fingerprint density at radius 2 is 2.14 bits per heavy atom. The minimum atomic E-state index is 0.417. The molecule has 0 radical (unpaired) electrons. The molecule has 1 aliphatic heterocycles. The maximum atomic E-state index is 4.84. The van der Waals surface area contributed by atoms with Gasteiger partial charge < -0.3 is 4.90 Å². The number of pyridine rings is 1. The highest BCUT2D eigenvalue weighted by Gasteiger charge is 2.25. The molecule has 0 saturated carbocycles. The lowest BCUT2D eigenvalue weighted by Gasteiger charge is -2.19. The summed E-state index contributed by atoms with van der Waals surface area (Å²) < 4.78 is 3.09. The lowest BCUT2D eigenvalue weighted by Crippen LogP contribution is -2.22. The molecule has 0 bridgehead atoms. The van der Waals surface area contributed by atoms with Crippen molar-refractivity contribution in [3.8, 4) is 0 Å². The monoisotopic (exact) mass is 356 g/mol. The second kappa shape index (κ2) is 5.39. The lowest BCUT2D eigenvalue weighted by atomic mass is 10.1. The van der Waals surface area contributed by atoms with Crippen molar-refractivity contribution in [2.45, 2.75) is 19.4 Å². The number of para-hydroxylation sites is 1. The molecule has 0 aliphatic carbocycles. The van der Waals surface area contributed by atoms with Gasteiger partial charge in [-0.3, -0.25) is 4.68 Å². The molecule has 4 nitrogen and oxygen atoms in total. The zero-order valence-corrected chi connectivity index (χ0v) is 14.0. The molecule has 4 rings (SSSR count). The Balaban J connectivity index is 1.63. The predicted molar refractivity (Wildman–Crippen MR) is 92.3 cm³/mol. The Hall–Kier alpha value is -1.88. The van der Waals surface area contributed by atoms with Crippen LogP contribution in [0.4, 0.5) is 5.82 Å². The lowest BCUT2D eigenvalue weighted by molar-refractivity contribution is 0.494. The molecule has 0 amide bonds. The van der Waals surface area contributed by atoms with E-state index in [2.05, 4.69) is 61.8 Å². The Labute approximate surface area is 137 Å². The van der Waals surface area contributed by atoms with Gasteiger partial charge in [0.1, 0.15) is 5.82 Å². The van der Waals surface area contributed by atoms with E-state index in [0.717, 1.165) is 35.3 Å². The van der Waals surface area contributed by atoms with E-state index in [1.807, 2.05) is 18.5 Å². The van der Waals surface area contributed by atoms with Crippen LogP contribution in [0.15, 0.2) is 47.2 Å². The van der Waals surface area contributed by atoms with Crippen LogP contribution in [0, 0.1) is 6.92 Å². The molecular formula is C17H17BrN4. The quantitative estimate of drug-likeness (QED) is 0.696. The molecule has 3 aromatic rings. The number of benzene rings is 1. The first-order valence-electron chi connectivity index (χ1n) is 7.52. The molecule has 1 aromatic carbocycles. The first kappa shape index (κ1) is 13.8. The van der Waals surface area contributed by atoms with Gasteiger partial charge in [0.05, 0.1) is 22.2 Å². The molecule has 112 valence electrons. The van der Waals surface area contributed by atoms with Crippen molar-refractivity contribution >= 4 is 32.7 Å². The van der Waals surface area contributed by atoms with Crippen molar-refractivity contribution in [3.05, 3.63) is 52.8 Å². The van der Waals surface area contributed by atoms with Crippen molar-refractivity contribution in [2.75, 3.05) is 18.0 Å². The van der Waals surface area contributed by atoms with E-state index >= 15 is 0 Å². The van der Waals surface area contributed by atoms with Gasteiger partial charge in [0.25, 0.3) is 0 Å². The molecule has 1 saturated heterocycles. The van der Waals surface area contributed by atoms with Crippen molar-refractivity contribution in [1.29, 1.82) is 0 Å². The summed E-state index contributed by atoms with van der Waals surface area (Å²) >= 11 is 3.47. The van der Waals surface area contributed by atoms with Crippen LogP contribution < -0.4 is 4.90 Å². The first-order chi connectivity index (χ1) is 10.7. The zero-order chi connectivity index (χ0) is 15.1. The molecule has 3 heterocycles. The number of nitrogens with zero attached hydrogens (tertiary/aromatic N) is 4. The summed E-state index contributed by atoms with van der Waals surface area (Å²) in [5.41, 5.74) is 2.36. The van der Waals surface area contributed by atoms with Gasteiger partial charge in [-0.2, -0.15) is 5.10 Å². The maximum Gasteiger partial charge on any atom is 0.129 e. The highest BCUT2D eigenvalue weighted by molar-refractivity contribution is 9.10. The van der Waals surface area contributed by atoms with E-state index < -0.39 is 0 Å². The fourth-order valence-corrected chi connectivity index (χ4v) is 3.48. The minimum absolute atomic E-state index is 0.417. The van der Waals surface area contributed by atoms with Gasteiger partial charge >= 0.3 is 0 Å². The van der Waals surface area contributed by atoms with Crippen LogP contribution in [0.3, 0.4) is 0 Å². The first-order valence-corrected chi connectivity index (χ1v) is 8.31. The predicted octanol–water partition coefficient (Wildman–Crippen LogP) is 3.95. The molecule has 2 aromatic heterocycles. The second-order valence-corrected chi connectivity index (χ2v) is 6.76. The van der Waals surface area contributed by atoms with Gasteiger partial charge in [0, 0.05) is 24.7 Å². The Morgan fingerprint density at radius 3 is 2.95 bits per heavy atom. The van der Waals surface area contributed by atoms with Gasteiger partial charge in [-0.1, -0.05) is 18.2 Å². The molecular weight excluding hydrogens is 340 g/mol. The molecule has 1 atom stereocenters. The average molecular weight is 357 g/mol. The summed E-state index contributed by atoms with van der Waals surface area (Å²) in [5.74, 6) is 1.07. The average Bonchev–Trinajstić information content (AvgIpc) is 3.16. The number of anilines is 1. The Bertz CT molecular complexity index is 826. The fraction of sp³-hybridized carbons (Fsp3) is 0.294. The number of hydrogen-bond donors (Lipinski definition) is 0. The fourth-order valence-electron chi connectivity index (χ4n) is 3.17. The third-order valence-electron chi connectivity index (χ3n) is 4.34. The smallest absolute Gasteiger partial charge is 0.129 e. The van der Waals surface area contributed by atoms with Crippen LogP contribution in [0.25, 0.3) is 10.9 Å². The number of aromatic nitrogens is 3. The molecule has 1 unspecified atom stereocenters. The van der Waals surface area contributed by atoms with Crippen LogP contribution in [0.1, 0.15) is 18.0 Å². The third kappa shape index (κ3) is 2.39. The normalized spacial score (nSPS) is 18.3. The molecule has 0 N–H and O–H groups in total. The van der Waals surface area contributed by atoms with Crippen LogP contribution in [0.2, 0.25) is 0 Å². The summed E-state index contributed by atoms with van der Waals surface area (Å²) in [6.07, 6.45) is 5.00. The van der Waals surface area contributed by atoms with E-state index in [0.29, 0.717) is 6.04 Å². The minimum Gasteiger partial charge on any atom is -0.354 e. The van der Waals surface area contributed by atoms with Crippen LogP contribution >= 0.6 is 15.9 Å². The maximum absolute atomic E-state index is 4.84. The number of fused-ring (bicyclic) bond motifs is 1. The summed E-state index contributed by atoms with van der Waals surface area (Å²) in [4.78, 5) is 7.20. The zero-order valence-electron chi connectivity index (χ0n) is 12.4. The number of halogens is 1. The Morgan fingerprint density at radius 1 is 1.27 bits per heavy atom. The van der Waals surface area contributed by atoms with Crippen molar-refractivity contribution in [1.82, 2.24) is 14.8 Å². The van der Waals surface area contributed by atoms with Crippen LogP contribution in [-0.4, -0.2) is 27.9 Å². The Kier molecular flexibility index (Phi) is 3.37. The molecule has 1 aliphatic rings. The molecule has 5 heteroatoms. The largest absolute Gasteiger partial charge is 0.354 e. The standard InChI is InChI=1S/C17H17BrN4/c1-12-8-17(20-16-5-3-2-4-15(12)16)21-7-6-14(11-21)22-10-13(18)9-19-22/h2-5,8-10,14H,6-7,11H2,1H3. The third-order valence-corrected chi connectivity index (χ3v) is 4.75. The van der Waals surface area contributed by atoms with Gasteiger partial charge in [-0.15, -0.1) is 0 Å². The number of hydrogen-bond acceptors (Lipinski definition) is 3. The van der Waals surface area contributed by atoms with Crippen molar-refractivity contribution < 1.29 is 0 Å². The second-order valence-electron chi connectivity index (χ2n) is 5.84. The topological polar surface area (TPSA) is 34.0 Å². The molecule has 1 fully saturated rings. The van der Waals surface area contributed by atoms with E-state index in [4.69, 9.17) is 4.98 Å². The van der Waals surface area contributed by atoms with Crippen LogP contribution in [-0.2, 0) is 0 Å². The van der Waals surface area contributed by atoms with E-state index in [-0.39, 0.29) is 0 Å².